The van der Waals surface area contributed by atoms with Crippen LogP contribution >= 0.6 is 0 Å². The minimum absolute atomic E-state index is 0.0960. The normalized spacial score (nSPS) is 11.5. The number of nitrogens with zero attached hydrogens (tertiary/aromatic N) is 1. The van der Waals surface area contributed by atoms with E-state index in [2.05, 4.69) is 5.32 Å². The highest BCUT2D eigenvalue weighted by Gasteiger charge is 2.18. The molecule has 0 unspecified atom stereocenters. The highest BCUT2D eigenvalue weighted by atomic mass is 32.2. The number of halogens is 2. The molecule has 1 amide bonds. The van der Waals surface area contributed by atoms with Crippen molar-refractivity contribution >= 4 is 21.6 Å². The van der Waals surface area contributed by atoms with Gasteiger partial charge in [-0.05, 0) is 42.8 Å². The first-order valence-corrected chi connectivity index (χ1v) is 8.96. The molecule has 0 radical (unpaired) electrons. The molecule has 0 saturated carbocycles. The number of ether oxygens (including phenoxy) is 1. The first-order valence-electron chi connectivity index (χ1n) is 7.52. The quantitative estimate of drug-likeness (QED) is 0.831. The van der Waals surface area contributed by atoms with Crippen LogP contribution in [0.4, 0.5) is 14.5 Å². The van der Waals surface area contributed by atoms with Crippen LogP contribution in [0.1, 0.15) is 5.56 Å². The van der Waals surface area contributed by atoms with Crippen LogP contribution in [-0.4, -0.2) is 39.3 Å². The Morgan fingerprint density at radius 3 is 2.46 bits per heavy atom. The monoisotopic (exact) mass is 384 g/mol. The number of anilines is 1. The summed E-state index contributed by atoms with van der Waals surface area (Å²) in [7, 11) is -0.732. The molecule has 0 aliphatic carbocycles. The predicted octanol–water partition coefficient (Wildman–Crippen LogP) is 2.54. The highest BCUT2D eigenvalue weighted by Crippen LogP contribution is 2.23. The molecular weight excluding hydrogens is 366 g/mol. The van der Waals surface area contributed by atoms with Crippen molar-refractivity contribution in [3.63, 3.8) is 0 Å². The molecule has 0 saturated heterocycles. The lowest BCUT2D eigenvalue weighted by Gasteiger charge is -2.14. The third kappa shape index (κ3) is 4.55. The average molecular weight is 384 g/mol. The van der Waals surface area contributed by atoms with Gasteiger partial charge < -0.3 is 10.1 Å². The zero-order valence-electron chi connectivity index (χ0n) is 14.4. The molecule has 0 atom stereocenters. The van der Waals surface area contributed by atoms with Gasteiger partial charge in [-0.25, -0.2) is 21.5 Å². The lowest BCUT2D eigenvalue weighted by atomic mass is 10.2. The van der Waals surface area contributed by atoms with Crippen LogP contribution < -0.4 is 10.1 Å². The number of amides is 1. The summed E-state index contributed by atoms with van der Waals surface area (Å²) in [5.41, 5.74) is 0.223. The number of carbonyl (C=O) groups is 1. The van der Waals surface area contributed by atoms with Gasteiger partial charge in [0.1, 0.15) is 17.4 Å². The number of hydrogen-bond acceptors (Lipinski definition) is 4. The third-order valence-corrected chi connectivity index (χ3v) is 5.30. The fourth-order valence-corrected chi connectivity index (χ4v) is 3.07. The van der Waals surface area contributed by atoms with Crippen molar-refractivity contribution in [2.75, 3.05) is 26.0 Å². The van der Waals surface area contributed by atoms with E-state index in [4.69, 9.17) is 4.74 Å². The molecule has 2 rings (SSSR count). The minimum atomic E-state index is -3.58. The summed E-state index contributed by atoms with van der Waals surface area (Å²) in [6.07, 6.45) is 0. The predicted molar refractivity (Wildman–Crippen MR) is 92.5 cm³/mol. The molecule has 2 aromatic carbocycles. The summed E-state index contributed by atoms with van der Waals surface area (Å²) in [6.45, 7) is 1.19. The number of hydrogen-bond donors (Lipinski definition) is 1. The molecule has 9 heteroatoms. The summed E-state index contributed by atoms with van der Waals surface area (Å²) < 4.78 is 57.2. The molecule has 0 bridgehead atoms. The van der Waals surface area contributed by atoms with Crippen LogP contribution in [0, 0.1) is 18.6 Å². The number of sulfonamides is 1. The Hall–Kier alpha value is -2.52. The van der Waals surface area contributed by atoms with Crippen molar-refractivity contribution in [3.8, 4) is 5.75 Å². The fraction of sp³-hybridized carbons (Fsp3) is 0.235. The summed E-state index contributed by atoms with van der Waals surface area (Å²) in [4.78, 5) is 11.9. The fourth-order valence-electron chi connectivity index (χ4n) is 2.08. The molecule has 140 valence electrons. The SMILES string of the molecule is Cc1cc(S(=O)(=O)N(C)C)ccc1OCC(=O)Nc1cc(F)ccc1F. The third-order valence-electron chi connectivity index (χ3n) is 3.49. The molecule has 0 aliphatic rings. The van der Waals surface area contributed by atoms with Crippen molar-refractivity contribution in [1.29, 1.82) is 0 Å². The standard InChI is InChI=1S/C17H18F2N2O4S/c1-11-8-13(26(23,24)21(2)3)5-7-16(11)25-10-17(22)20-15-9-12(18)4-6-14(15)19/h4-9H,10H2,1-3H3,(H,20,22). The van der Waals surface area contributed by atoms with Crippen molar-refractivity contribution in [2.45, 2.75) is 11.8 Å². The van der Waals surface area contributed by atoms with E-state index in [1.165, 1.54) is 32.3 Å². The van der Waals surface area contributed by atoms with Gasteiger partial charge in [-0.2, -0.15) is 0 Å². The van der Waals surface area contributed by atoms with Crippen molar-refractivity contribution in [3.05, 3.63) is 53.6 Å². The molecular formula is C17H18F2N2O4S. The van der Waals surface area contributed by atoms with E-state index in [1.807, 2.05) is 0 Å². The molecule has 2 aromatic rings. The van der Waals surface area contributed by atoms with Gasteiger partial charge in [0.15, 0.2) is 6.61 Å². The van der Waals surface area contributed by atoms with E-state index in [0.29, 0.717) is 11.3 Å². The molecule has 0 heterocycles. The van der Waals surface area contributed by atoms with Gasteiger partial charge >= 0.3 is 0 Å². The van der Waals surface area contributed by atoms with Crippen LogP contribution in [0.5, 0.6) is 5.75 Å². The van der Waals surface area contributed by atoms with E-state index in [1.54, 1.807) is 6.92 Å². The number of nitrogens with one attached hydrogen (secondary N) is 1. The molecule has 1 N–H and O–H groups in total. The molecule has 0 spiro atoms. The molecule has 0 aromatic heterocycles. The van der Waals surface area contributed by atoms with Crippen molar-refractivity contribution in [1.82, 2.24) is 4.31 Å². The Bertz CT molecular complexity index is 930. The van der Waals surface area contributed by atoms with E-state index in [-0.39, 0.29) is 10.6 Å². The summed E-state index contributed by atoms with van der Waals surface area (Å²) in [6, 6.07) is 6.92. The van der Waals surface area contributed by atoms with Crippen LogP contribution in [0.3, 0.4) is 0 Å². The maximum absolute atomic E-state index is 13.5. The van der Waals surface area contributed by atoms with Gasteiger partial charge in [0, 0.05) is 20.2 Å². The van der Waals surface area contributed by atoms with Gasteiger partial charge in [0.05, 0.1) is 10.6 Å². The van der Waals surface area contributed by atoms with Crippen LogP contribution in [0.25, 0.3) is 0 Å². The number of benzene rings is 2. The van der Waals surface area contributed by atoms with E-state index >= 15 is 0 Å². The number of aryl methyl sites for hydroxylation is 1. The van der Waals surface area contributed by atoms with Gasteiger partial charge in [0.2, 0.25) is 10.0 Å². The minimum Gasteiger partial charge on any atom is -0.483 e. The van der Waals surface area contributed by atoms with Crippen LogP contribution in [0.2, 0.25) is 0 Å². The molecule has 26 heavy (non-hydrogen) atoms. The number of rotatable bonds is 6. The molecule has 0 fully saturated rings. The zero-order chi connectivity index (χ0) is 19.5. The van der Waals surface area contributed by atoms with Gasteiger partial charge in [0.25, 0.3) is 5.91 Å². The Morgan fingerprint density at radius 2 is 1.85 bits per heavy atom. The van der Waals surface area contributed by atoms with Gasteiger partial charge in [-0.15, -0.1) is 0 Å². The Labute approximate surface area is 150 Å². The Balaban J connectivity index is 2.05. The van der Waals surface area contributed by atoms with Crippen molar-refractivity contribution in [2.24, 2.45) is 0 Å². The lowest BCUT2D eigenvalue weighted by Crippen LogP contribution is -2.23. The Kier molecular flexibility index (Phi) is 5.94. The zero-order valence-corrected chi connectivity index (χ0v) is 15.2. The lowest BCUT2D eigenvalue weighted by molar-refractivity contribution is -0.118. The Morgan fingerprint density at radius 1 is 1.15 bits per heavy atom. The summed E-state index contributed by atoms with van der Waals surface area (Å²) in [5.74, 6) is -1.83. The van der Waals surface area contributed by atoms with Crippen LogP contribution in [0.15, 0.2) is 41.3 Å². The van der Waals surface area contributed by atoms with Crippen molar-refractivity contribution < 1.29 is 26.7 Å². The second-order valence-electron chi connectivity index (χ2n) is 5.68. The second-order valence-corrected chi connectivity index (χ2v) is 7.83. The van der Waals surface area contributed by atoms with Gasteiger partial charge in [-0.3, -0.25) is 4.79 Å². The first kappa shape index (κ1) is 19.8. The largest absolute Gasteiger partial charge is 0.483 e. The summed E-state index contributed by atoms with van der Waals surface area (Å²) >= 11 is 0. The average Bonchev–Trinajstić information content (AvgIpc) is 2.56. The van der Waals surface area contributed by atoms with Crippen LogP contribution in [-0.2, 0) is 14.8 Å². The highest BCUT2D eigenvalue weighted by molar-refractivity contribution is 7.89. The summed E-state index contributed by atoms with van der Waals surface area (Å²) in [5, 5.41) is 2.21. The smallest absolute Gasteiger partial charge is 0.262 e. The maximum Gasteiger partial charge on any atom is 0.262 e. The second kappa shape index (κ2) is 7.79. The van der Waals surface area contributed by atoms with E-state index in [0.717, 1.165) is 22.5 Å². The molecule has 6 nitrogen and oxygen atoms in total. The maximum atomic E-state index is 13.5. The first-order chi connectivity index (χ1) is 12.1. The topological polar surface area (TPSA) is 75.7 Å². The molecule has 0 aliphatic heterocycles. The van der Waals surface area contributed by atoms with E-state index in [9.17, 15) is 22.0 Å². The van der Waals surface area contributed by atoms with Gasteiger partial charge in [-0.1, -0.05) is 0 Å². The number of carbonyl (C=O) groups excluding carboxylic acids is 1. The van der Waals surface area contributed by atoms with E-state index < -0.39 is 34.2 Å².